The topological polar surface area (TPSA) is 91.3 Å². The molecule has 1 heterocycles. The van der Waals surface area contributed by atoms with Crippen LogP contribution in [0.2, 0.25) is 0 Å². The maximum absolute atomic E-state index is 12.0. The van der Waals surface area contributed by atoms with Crippen LogP contribution in [0, 0.1) is 52.3 Å². The molecule has 0 spiro atoms. The van der Waals surface area contributed by atoms with Crippen LogP contribution in [-0.4, -0.2) is 44.4 Å². The summed E-state index contributed by atoms with van der Waals surface area (Å²) in [5.74, 6) is 3.09. The highest BCUT2D eigenvalue weighted by atomic mass is 16.5. The van der Waals surface area contributed by atoms with Gasteiger partial charge >= 0.3 is 0 Å². The molecular formula is C28H43N3O3. The van der Waals surface area contributed by atoms with E-state index < -0.39 is 11.2 Å². The third-order valence-electron chi connectivity index (χ3n) is 10.5. The summed E-state index contributed by atoms with van der Waals surface area (Å²) in [6.07, 6.45) is 13.5. The summed E-state index contributed by atoms with van der Waals surface area (Å²) in [5, 5.41) is 37.0. The van der Waals surface area contributed by atoms with Crippen LogP contribution in [0.3, 0.4) is 0 Å². The molecule has 5 rings (SSSR count). The van der Waals surface area contributed by atoms with Gasteiger partial charge in [-0.15, -0.1) is 0 Å². The lowest BCUT2D eigenvalue weighted by Gasteiger charge is -2.61. The highest BCUT2D eigenvalue weighted by Gasteiger charge is 2.60. The zero-order valence-corrected chi connectivity index (χ0v) is 21.2. The Morgan fingerprint density at radius 2 is 2.06 bits per heavy atom. The fourth-order valence-corrected chi connectivity index (χ4v) is 9.05. The molecule has 4 saturated carbocycles. The van der Waals surface area contributed by atoms with Crippen LogP contribution in [0.25, 0.3) is 0 Å². The molecule has 4 aliphatic carbocycles. The van der Waals surface area contributed by atoms with Gasteiger partial charge in [0.25, 0.3) is 0 Å². The van der Waals surface area contributed by atoms with Crippen LogP contribution >= 0.6 is 0 Å². The maximum atomic E-state index is 12.0. The Hall–Kier alpha value is -1.42. The second kappa shape index (κ2) is 8.91. The third kappa shape index (κ3) is 4.22. The van der Waals surface area contributed by atoms with Crippen molar-refractivity contribution in [2.24, 2.45) is 40.9 Å². The first-order valence-electron chi connectivity index (χ1n) is 13.6. The van der Waals surface area contributed by atoms with Crippen molar-refractivity contribution in [3.63, 3.8) is 0 Å². The van der Waals surface area contributed by atoms with Gasteiger partial charge in [-0.2, -0.15) is 10.4 Å². The molecule has 2 unspecified atom stereocenters. The van der Waals surface area contributed by atoms with Crippen molar-refractivity contribution >= 4 is 0 Å². The van der Waals surface area contributed by atoms with E-state index in [1.54, 1.807) is 17.1 Å². The van der Waals surface area contributed by atoms with E-state index >= 15 is 0 Å². The number of hydrogen-bond donors (Lipinski definition) is 2. The summed E-state index contributed by atoms with van der Waals surface area (Å²) in [5.41, 5.74) is -0.706. The van der Waals surface area contributed by atoms with E-state index in [4.69, 9.17) is 4.74 Å². The van der Waals surface area contributed by atoms with Gasteiger partial charge in [0.15, 0.2) is 0 Å². The Labute approximate surface area is 204 Å². The number of fused-ring (bicyclic) bond motifs is 5. The molecule has 0 bridgehead atoms. The van der Waals surface area contributed by atoms with Crippen molar-refractivity contribution < 1.29 is 14.9 Å². The van der Waals surface area contributed by atoms with Gasteiger partial charge in [0.05, 0.1) is 36.1 Å². The highest BCUT2D eigenvalue weighted by molar-refractivity contribution is 5.21. The van der Waals surface area contributed by atoms with Crippen LogP contribution in [0.5, 0.6) is 0 Å². The average molecular weight is 470 g/mol. The van der Waals surface area contributed by atoms with Crippen molar-refractivity contribution in [2.45, 2.75) is 96.3 Å². The molecule has 0 aromatic carbocycles. The van der Waals surface area contributed by atoms with Crippen LogP contribution in [0.15, 0.2) is 12.4 Å². The monoisotopic (exact) mass is 469 g/mol. The first-order valence-corrected chi connectivity index (χ1v) is 13.6. The molecule has 0 aliphatic heterocycles. The molecule has 4 aliphatic rings. The van der Waals surface area contributed by atoms with Crippen molar-refractivity contribution in [1.82, 2.24) is 9.78 Å². The van der Waals surface area contributed by atoms with Gasteiger partial charge in [0.1, 0.15) is 6.07 Å². The molecule has 188 valence electrons. The molecule has 0 radical (unpaired) electrons. The van der Waals surface area contributed by atoms with Crippen LogP contribution in [0.4, 0.5) is 0 Å². The van der Waals surface area contributed by atoms with E-state index in [9.17, 15) is 15.5 Å². The highest BCUT2D eigenvalue weighted by Crippen LogP contribution is 2.65. The summed E-state index contributed by atoms with van der Waals surface area (Å²) < 4.78 is 7.43. The molecule has 6 heteroatoms. The lowest BCUT2D eigenvalue weighted by molar-refractivity contribution is -0.176. The van der Waals surface area contributed by atoms with Gasteiger partial charge in [-0.05, 0) is 106 Å². The summed E-state index contributed by atoms with van der Waals surface area (Å²) >= 11 is 0. The number of nitriles is 1. The maximum Gasteiger partial charge on any atom is 0.102 e. The molecule has 0 amide bonds. The van der Waals surface area contributed by atoms with Gasteiger partial charge < -0.3 is 14.9 Å². The van der Waals surface area contributed by atoms with E-state index in [2.05, 4.69) is 18.1 Å². The summed E-state index contributed by atoms with van der Waals surface area (Å²) in [7, 11) is 0. The molecule has 34 heavy (non-hydrogen) atoms. The zero-order chi connectivity index (χ0) is 24.1. The number of ether oxygens (including phenoxy) is 1. The number of hydrogen-bond acceptors (Lipinski definition) is 5. The van der Waals surface area contributed by atoms with Crippen molar-refractivity contribution in [1.29, 1.82) is 5.26 Å². The quantitative estimate of drug-likeness (QED) is 0.638. The van der Waals surface area contributed by atoms with Gasteiger partial charge in [-0.25, -0.2) is 0 Å². The largest absolute Gasteiger partial charge is 0.388 e. The molecule has 1 aromatic rings. The second-order valence-corrected chi connectivity index (χ2v) is 12.7. The zero-order valence-electron chi connectivity index (χ0n) is 21.2. The lowest BCUT2D eigenvalue weighted by Crippen LogP contribution is -2.59. The van der Waals surface area contributed by atoms with E-state index in [-0.39, 0.29) is 5.92 Å². The van der Waals surface area contributed by atoms with E-state index in [0.717, 1.165) is 25.7 Å². The first-order chi connectivity index (χ1) is 16.2. The molecule has 1 aromatic heterocycles. The normalized spacial score (nSPS) is 43.3. The standard InChI is InChI=1S/C28H43N3O3/c1-4-34-18-28(33)11-8-21-20(13-28)12-24(27(3,32)17-31-16-19(14-29)15-30-31)25-22(21)7-10-26(2)9-5-6-23(25)26/h15-16,20-25,32-33H,4-13,17-18H2,1-3H3/t20-,21+,22-,23+,24?,25-,26+,27?,28-/m1/s1. The molecule has 9 atom stereocenters. The fourth-order valence-electron chi connectivity index (χ4n) is 9.05. The molecule has 2 N–H and O–H groups in total. The van der Waals surface area contributed by atoms with Gasteiger partial charge in [0.2, 0.25) is 0 Å². The summed E-state index contributed by atoms with van der Waals surface area (Å²) in [6, 6.07) is 2.15. The average Bonchev–Trinajstić information content (AvgIpc) is 3.42. The van der Waals surface area contributed by atoms with Crippen LogP contribution < -0.4 is 0 Å². The Bertz CT molecular complexity index is 922. The van der Waals surface area contributed by atoms with Crippen molar-refractivity contribution in [3.05, 3.63) is 18.0 Å². The summed E-state index contributed by atoms with van der Waals surface area (Å²) in [4.78, 5) is 0. The Kier molecular flexibility index (Phi) is 6.36. The Morgan fingerprint density at radius 1 is 1.26 bits per heavy atom. The number of nitrogens with zero attached hydrogens (tertiary/aromatic N) is 3. The van der Waals surface area contributed by atoms with Gasteiger partial charge in [-0.1, -0.05) is 13.3 Å². The number of aliphatic hydroxyl groups is 2. The smallest absolute Gasteiger partial charge is 0.102 e. The Morgan fingerprint density at radius 3 is 2.79 bits per heavy atom. The minimum absolute atomic E-state index is 0.172. The predicted molar refractivity (Wildman–Crippen MR) is 130 cm³/mol. The van der Waals surface area contributed by atoms with Crippen molar-refractivity contribution in [2.75, 3.05) is 13.2 Å². The summed E-state index contributed by atoms with van der Waals surface area (Å²) in [6.45, 7) is 7.96. The van der Waals surface area contributed by atoms with E-state index in [0.29, 0.717) is 60.3 Å². The lowest BCUT2D eigenvalue weighted by atomic mass is 9.45. The number of aromatic nitrogens is 2. The van der Waals surface area contributed by atoms with Gasteiger partial charge in [0, 0.05) is 12.8 Å². The molecule has 0 saturated heterocycles. The van der Waals surface area contributed by atoms with E-state index in [1.165, 1.54) is 32.1 Å². The van der Waals surface area contributed by atoms with Crippen LogP contribution in [-0.2, 0) is 11.3 Å². The van der Waals surface area contributed by atoms with Crippen LogP contribution in [0.1, 0.15) is 84.1 Å². The second-order valence-electron chi connectivity index (χ2n) is 12.7. The van der Waals surface area contributed by atoms with Gasteiger partial charge in [-0.3, -0.25) is 4.68 Å². The third-order valence-corrected chi connectivity index (χ3v) is 10.5. The van der Waals surface area contributed by atoms with E-state index in [1.807, 2.05) is 13.8 Å². The minimum Gasteiger partial charge on any atom is -0.388 e. The fraction of sp³-hybridized carbons (Fsp3) is 0.857. The number of rotatable bonds is 6. The van der Waals surface area contributed by atoms with Crippen molar-refractivity contribution in [3.8, 4) is 6.07 Å². The SMILES string of the molecule is CCOC[C@@]1(O)CC[C@H]2[C@H](CC(C(C)(O)Cn3cc(C#N)cn3)[C@@H]3[C@@H]2CC[C@]2(C)CCC[C@@H]32)C1. The first kappa shape index (κ1) is 24.3. The minimum atomic E-state index is -0.914. The molecule has 4 fully saturated rings. The predicted octanol–water partition coefficient (Wildman–Crippen LogP) is 4.54. The Balaban J connectivity index is 1.45. The molecule has 6 nitrogen and oxygen atoms in total. The molecular weight excluding hydrogens is 426 g/mol.